The van der Waals surface area contributed by atoms with Gasteiger partial charge in [-0.25, -0.2) is 9.59 Å². The van der Waals surface area contributed by atoms with Gasteiger partial charge in [-0.1, -0.05) is 74.5 Å². The van der Waals surface area contributed by atoms with Gasteiger partial charge in [-0.15, -0.1) is 0 Å². The number of nitrogens with one attached hydrogen (secondary N) is 3. The zero-order valence-electron chi connectivity index (χ0n) is 32.2. The van der Waals surface area contributed by atoms with E-state index in [1.54, 1.807) is 62.4 Å². The van der Waals surface area contributed by atoms with Crippen LogP contribution in [0.2, 0.25) is 0 Å². The van der Waals surface area contributed by atoms with Crippen molar-refractivity contribution in [1.29, 1.82) is 0 Å². The predicted octanol–water partition coefficient (Wildman–Crippen LogP) is 4.99. The van der Waals surface area contributed by atoms with Crippen molar-refractivity contribution in [3.8, 4) is 16.9 Å². The molecule has 0 radical (unpaired) electrons. The van der Waals surface area contributed by atoms with E-state index in [0.29, 0.717) is 22.4 Å². The van der Waals surface area contributed by atoms with Crippen LogP contribution in [0.4, 0.5) is 21.0 Å². The average molecular weight is 832 g/mol. The van der Waals surface area contributed by atoms with Gasteiger partial charge in [-0.3, -0.25) is 34.0 Å². The smallest absolute Gasteiger partial charge is 0.453 e. The number of nitrogens with zero attached hydrogens (tertiary/aromatic N) is 2. The lowest BCUT2D eigenvalue weighted by atomic mass is 10.00. The third kappa shape index (κ3) is 10.8. The zero-order chi connectivity index (χ0) is 43.0. The van der Waals surface area contributed by atoms with Crippen LogP contribution in [0.5, 0.6) is 5.75 Å². The molecule has 18 nitrogen and oxygen atoms in total. The Labute approximate surface area is 338 Å². The molecule has 0 saturated heterocycles. The number of amides is 4. The molecule has 4 aromatic carbocycles. The van der Waals surface area contributed by atoms with Crippen LogP contribution in [0.3, 0.4) is 0 Å². The van der Waals surface area contributed by atoms with Crippen LogP contribution in [0.1, 0.15) is 43.5 Å². The molecule has 0 spiro atoms. The van der Waals surface area contributed by atoms with Crippen LogP contribution in [-0.2, 0) is 40.6 Å². The molecule has 19 heteroatoms. The number of hydrogen-bond acceptors (Lipinski definition) is 12. The minimum Gasteiger partial charge on any atom is -0.453 e. The van der Waals surface area contributed by atoms with E-state index in [-0.39, 0.29) is 18.0 Å². The van der Waals surface area contributed by atoms with Crippen molar-refractivity contribution in [1.82, 2.24) is 15.5 Å². The minimum atomic E-state index is -4.91. The van der Waals surface area contributed by atoms with E-state index in [4.69, 9.17) is 14.2 Å². The molecule has 4 aromatic rings. The second kappa shape index (κ2) is 18.6. The maximum Gasteiger partial charge on any atom is 0.514 e. The molecule has 0 aliphatic heterocycles. The number of methoxy groups -OCH3 is 1. The van der Waals surface area contributed by atoms with E-state index < -0.39 is 80.8 Å². The summed E-state index contributed by atoms with van der Waals surface area (Å²) in [5.74, 6) is -4.30. The molecule has 0 aromatic heterocycles. The van der Waals surface area contributed by atoms with Crippen LogP contribution < -0.4 is 20.7 Å². The van der Waals surface area contributed by atoms with Gasteiger partial charge in [0.05, 0.1) is 18.1 Å². The highest BCUT2D eigenvalue weighted by Gasteiger charge is 2.44. The summed E-state index contributed by atoms with van der Waals surface area (Å²) in [4.78, 5) is 77.6. The summed E-state index contributed by atoms with van der Waals surface area (Å²) in [6, 6.07) is 19.8. The fourth-order valence-electron chi connectivity index (χ4n) is 6.42. The number of nitro groups is 1. The predicted molar refractivity (Wildman–Crippen MR) is 212 cm³/mol. The first-order valence-corrected chi connectivity index (χ1v) is 19.7. The van der Waals surface area contributed by atoms with Gasteiger partial charge in [-0.2, -0.15) is 8.42 Å². The van der Waals surface area contributed by atoms with Gasteiger partial charge >= 0.3 is 12.2 Å². The monoisotopic (exact) mass is 831 g/mol. The molecule has 0 fully saturated rings. The Morgan fingerprint density at radius 1 is 0.814 bits per heavy atom. The molecule has 0 heterocycles. The normalized spacial score (nSPS) is 13.5. The number of rotatable bonds is 15. The molecular weight excluding hydrogens is 791 g/mol. The van der Waals surface area contributed by atoms with Crippen molar-refractivity contribution in [2.45, 2.75) is 51.5 Å². The molecule has 4 amide bonds. The highest BCUT2D eigenvalue weighted by molar-refractivity contribution is 7.85. The molecule has 310 valence electrons. The molecule has 0 unspecified atom stereocenters. The summed E-state index contributed by atoms with van der Waals surface area (Å²) < 4.78 is 49.9. The van der Waals surface area contributed by atoms with E-state index in [0.717, 1.165) is 23.1 Å². The van der Waals surface area contributed by atoms with Gasteiger partial charge in [0.25, 0.3) is 15.8 Å². The van der Waals surface area contributed by atoms with Gasteiger partial charge in [0.2, 0.25) is 17.7 Å². The number of benzene rings is 4. The lowest BCUT2D eigenvalue weighted by molar-refractivity contribution is -0.384. The first-order chi connectivity index (χ1) is 28.0. The topological polar surface area (TPSA) is 250 Å². The molecular formula is C40H41N5O13S. The van der Waals surface area contributed by atoms with Crippen molar-refractivity contribution in [3.63, 3.8) is 0 Å². The zero-order valence-corrected chi connectivity index (χ0v) is 33.0. The second-order valence-corrected chi connectivity index (χ2v) is 15.3. The number of carbonyl (C=O) groups excluding carboxylic acids is 5. The number of non-ortho nitro benzene ring substituents is 1. The van der Waals surface area contributed by atoms with Crippen LogP contribution in [0, 0.1) is 16.0 Å². The van der Waals surface area contributed by atoms with E-state index >= 15 is 0 Å². The Morgan fingerprint density at radius 3 is 1.92 bits per heavy atom. The summed E-state index contributed by atoms with van der Waals surface area (Å²) in [6.45, 7) is 4.42. The Bertz CT molecular complexity index is 2290. The number of anilines is 1. The van der Waals surface area contributed by atoms with E-state index in [9.17, 15) is 47.1 Å². The number of fused-ring (bicyclic) bond motifs is 3. The summed E-state index contributed by atoms with van der Waals surface area (Å²) in [5, 5.41) is 18.5. The standard InChI is InChI=1S/C40H41N5O13S/c1-23(2)34(38(48)41-24(3)36(46)42-26-15-13-25(14-16-26)21-57-40(50)58-28-19-17-27(18-20-28)45(51)52)43-37(47)33(22-59(53,54)55)44(39(49)56-4)35-31-11-7-5-9-29(31)30-10-6-8-12-32(30)35/h5-20,23-24,33-35H,21-22H2,1-4H3,(H,41,48)(H,42,46)(H,43,47)(H,53,54,55)/t24-,33-,34-/m0/s1. The number of nitro benzene ring substituents is 1. The van der Waals surface area contributed by atoms with E-state index in [1.165, 1.54) is 43.3 Å². The second-order valence-electron chi connectivity index (χ2n) is 13.8. The summed E-state index contributed by atoms with van der Waals surface area (Å²) >= 11 is 0. The highest BCUT2D eigenvalue weighted by atomic mass is 32.2. The van der Waals surface area contributed by atoms with Gasteiger partial charge < -0.3 is 30.2 Å². The maximum atomic E-state index is 14.1. The Kier molecular flexibility index (Phi) is 13.6. The van der Waals surface area contributed by atoms with E-state index in [1.807, 2.05) is 12.1 Å². The van der Waals surface area contributed by atoms with Gasteiger partial charge in [-0.05, 0) is 64.9 Å². The van der Waals surface area contributed by atoms with Crippen molar-refractivity contribution < 1.29 is 56.1 Å². The fourth-order valence-corrected chi connectivity index (χ4v) is 7.13. The number of hydrogen-bond donors (Lipinski definition) is 4. The van der Waals surface area contributed by atoms with Crippen LogP contribution >= 0.6 is 0 Å². The minimum absolute atomic E-state index is 0.0471. The third-order valence-electron chi connectivity index (χ3n) is 9.30. The molecule has 0 saturated carbocycles. The Balaban J connectivity index is 1.23. The highest BCUT2D eigenvalue weighted by Crippen LogP contribution is 2.47. The maximum absolute atomic E-state index is 14.1. The molecule has 1 aliphatic carbocycles. The fraction of sp³-hybridized carbons (Fsp3) is 0.275. The number of carbonyl (C=O) groups is 5. The molecule has 0 bridgehead atoms. The average Bonchev–Trinajstić information content (AvgIpc) is 3.52. The first-order valence-electron chi connectivity index (χ1n) is 18.1. The summed E-state index contributed by atoms with van der Waals surface area (Å²) in [5.41, 5.74) is 3.32. The number of ether oxygens (including phenoxy) is 3. The van der Waals surface area contributed by atoms with E-state index in [2.05, 4.69) is 16.0 Å². The molecule has 3 atom stereocenters. The lowest BCUT2D eigenvalue weighted by Gasteiger charge is -2.36. The summed E-state index contributed by atoms with van der Waals surface area (Å²) in [7, 11) is -3.84. The lowest BCUT2D eigenvalue weighted by Crippen LogP contribution is -2.59. The Hall–Kier alpha value is -6.86. The van der Waals surface area contributed by atoms with Crippen molar-refractivity contribution in [2.75, 3.05) is 18.2 Å². The molecule has 5 rings (SSSR count). The van der Waals surface area contributed by atoms with Crippen LogP contribution in [-0.4, -0.2) is 83.8 Å². The van der Waals surface area contributed by atoms with Gasteiger partial charge in [0.1, 0.15) is 36.2 Å². The first kappa shape index (κ1) is 43.3. The van der Waals surface area contributed by atoms with Crippen molar-refractivity contribution >= 4 is 51.5 Å². The van der Waals surface area contributed by atoms with Gasteiger partial charge in [0, 0.05) is 17.8 Å². The molecule has 59 heavy (non-hydrogen) atoms. The van der Waals surface area contributed by atoms with Gasteiger partial charge in [0.15, 0.2) is 0 Å². The quantitative estimate of drug-likeness (QED) is 0.0406. The SMILES string of the molecule is COC(=O)N(C1c2ccccc2-c2ccccc21)[C@@H](CS(=O)(=O)O)C(=O)N[C@H](C(=O)N[C@@H](C)C(=O)Nc1ccc(COC(=O)Oc2ccc([N+](=O)[O-])cc2)cc1)C(C)C. The third-order valence-corrected chi connectivity index (χ3v) is 10.0. The van der Waals surface area contributed by atoms with Crippen LogP contribution in [0.15, 0.2) is 97.1 Å². The molecule has 1 aliphatic rings. The van der Waals surface area contributed by atoms with Crippen LogP contribution in [0.25, 0.3) is 11.1 Å². The summed E-state index contributed by atoms with van der Waals surface area (Å²) in [6.07, 6.45) is -2.11. The van der Waals surface area contributed by atoms with Crippen molar-refractivity contribution in [2.24, 2.45) is 5.92 Å². The Morgan fingerprint density at radius 2 is 1.39 bits per heavy atom. The van der Waals surface area contributed by atoms with Crippen molar-refractivity contribution in [3.05, 3.63) is 124 Å². The molecule has 4 N–H and O–H groups in total. The largest absolute Gasteiger partial charge is 0.514 e.